The number of hydrogen-bond donors (Lipinski definition) is 0. The second-order valence-corrected chi connectivity index (χ2v) is 7.98. The topological polar surface area (TPSA) is 25.4 Å². The highest BCUT2D eigenvalue weighted by atomic mass is 32.1. The molecule has 0 saturated carbocycles. The molecule has 5 rings (SSSR count). The molecule has 3 nitrogen and oxygen atoms in total. The first-order chi connectivity index (χ1) is 11.3. The van der Waals surface area contributed by atoms with Crippen LogP contribution in [0, 0.1) is 6.92 Å². The number of rotatable bonds is 1. The van der Waals surface area contributed by atoms with Gasteiger partial charge in [-0.3, -0.25) is 4.98 Å². The molecular formula is C18H16N2OS2. The van der Waals surface area contributed by atoms with Gasteiger partial charge in [-0.1, -0.05) is 18.2 Å². The zero-order valence-electron chi connectivity index (χ0n) is 12.8. The fraction of sp³-hybridized carbons (Fsp3) is 0.278. The Morgan fingerprint density at radius 2 is 1.91 bits per heavy atom. The van der Waals surface area contributed by atoms with Crippen LogP contribution in [0.4, 0.5) is 5.00 Å². The molecule has 0 aliphatic carbocycles. The number of aromatic nitrogens is 1. The second-order valence-electron chi connectivity index (χ2n) is 5.90. The Labute approximate surface area is 142 Å². The molecule has 0 amide bonds. The average Bonchev–Trinajstić information content (AvgIpc) is 3.14. The van der Waals surface area contributed by atoms with Crippen molar-refractivity contribution in [1.82, 2.24) is 4.98 Å². The second kappa shape index (κ2) is 5.16. The van der Waals surface area contributed by atoms with E-state index in [1.807, 2.05) is 22.7 Å². The van der Waals surface area contributed by atoms with Gasteiger partial charge >= 0.3 is 0 Å². The Morgan fingerprint density at radius 1 is 1.09 bits per heavy atom. The number of morpholine rings is 1. The predicted octanol–water partition coefficient (Wildman–Crippen LogP) is 4.81. The van der Waals surface area contributed by atoms with Crippen molar-refractivity contribution in [1.29, 1.82) is 0 Å². The van der Waals surface area contributed by atoms with Crippen LogP contribution in [0.3, 0.4) is 0 Å². The Morgan fingerprint density at radius 3 is 2.78 bits per heavy atom. The van der Waals surface area contributed by atoms with E-state index in [-0.39, 0.29) is 0 Å². The summed E-state index contributed by atoms with van der Waals surface area (Å²) in [5.41, 5.74) is 2.24. The van der Waals surface area contributed by atoms with Crippen molar-refractivity contribution in [2.75, 3.05) is 31.2 Å². The highest BCUT2D eigenvalue weighted by Gasteiger charge is 2.18. The lowest BCUT2D eigenvalue weighted by Gasteiger charge is -2.27. The molecule has 4 heterocycles. The molecule has 1 aliphatic heterocycles. The van der Waals surface area contributed by atoms with Gasteiger partial charge in [0.15, 0.2) is 0 Å². The summed E-state index contributed by atoms with van der Waals surface area (Å²) in [6, 6.07) is 10.8. The van der Waals surface area contributed by atoms with Crippen molar-refractivity contribution in [3.63, 3.8) is 0 Å². The molecule has 1 aliphatic rings. The molecule has 116 valence electrons. The maximum absolute atomic E-state index is 5.47. The van der Waals surface area contributed by atoms with Gasteiger partial charge in [-0.15, -0.1) is 22.7 Å². The molecule has 1 saturated heterocycles. The van der Waals surface area contributed by atoms with E-state index in [1.54, 1.807) is 0 Å². The van der Waals surface area contributed by atoms with Crippen LogP contribution >= 0.6 is 22.7 Å². The SMILES string of the molecule is Cc1nc2ccccc2c2sc3cc(N4CCOCC4)sc3c12. The number of thiophene rings is 2. The van der Waals surface area contributed by atoms with Crippen LogP contribution in [-0.2, 0) is 4.74 Å². The molecule has 23 heavy (non-hydrogen) atoms. The third-order valence-corrected chi connectivity index (χ3v) is 6.99. The molecule has 0 atom stereocenters. The molecule has 0 spiro atoms. The van der Waals surface area contributed by atoms with E-state index in [0.29, 0.717) is 0 Å². The van der Waals surface area contributed by atoms with Gasteiger partial charge in [0.25, 0.3) is 0 Å². The standard InChI is InChI=1S/C18H16N2OS2/c1-11-16-17(12-4-2-3-5-13(12)19-11)22-14-10-15(23-18(14)16)20-6-8-21-9-7-20/h2-5,10H,6-9H2,1H3. The van der Waals surface area contributed by atoms with E-state index in [0.717, 1.165) is 37.5 Å². The molecule has 0 radical (unpaired) electrons. The average molecular weight is 340 g/mol. The van der Waals surface area contributed by atoms with Crippen molar-refractivity contribution < 1.29 is 4.74 Å². The zero-order chi connectivity index (χ0) is 15.4. The maximum atomic E-state index is 5.47. The van der Waals surface area contributed by atoms with Crippen LogP contribution in [0.25, 0.3) is 30.4 Å². The van der Waals surface area contributed by atoms with Crippen LogP contribution in [-0.4, -0.2) is 31.3 Å². The molecule has 0 bridgehead atoms. The summed E-state index contributed by atoms with van der Waals surface area (Å²) in [6.07, 6.45) is 0. The first kappa shape index (κ1) is 13.7. The van der Waals surface area contributed by atoms with Gasteiger partial charge < -0.3 is 9.64 Å². The lowest BCUT2D eigenvalue weighted by Crippen LogP contribution is -2.35. The van der Waals surface area contributed by atoms with Gasteiger partial charge in [-0.05, 0) is 19.1 Å². The van der Waals surface area contributed by atoms with Gasteiger partial charge in [0, 0.05) is 39.0 Å². The highest BCUT2D eigenvalue weighted by Crippen LogP contribution is 2.45. The van der Waals surface area contributed by atoms with Gasteiger partial charge in [0.2, 0.25) is 0 Å². The third-order valence-electron chi connectivity index (χ3n) is 4.47. The molecule has 1 aromatic carbocycles. The summed E-state index contributed by atoms with van der Waals surface area (Å²) in [6.45, 7) is 5.78. The van der Waals surface area contributed by atoms with Crippen LogP contribution in [0.1, 0.15) is 5.69 Å². The van der Waals surface area contributed by atoms with Crippen molar-refractivity contribution in [3.8, 4) is 0 Å². The van der Waals surface area contributed by atoms with Gasteiger partial charge in [-0.2, -0.15) is 0 Å². The summed E-state index contributed by atoms with van der Waals surface area (Å²) in [5, 5.41) is 3.98. The number of hydrogen-bond acceptors (Lipinski definition) is 5. The van der Waals surface area contributed by atoms with Crippen LogP contribution in [0.5, 0.6) is 0 Å². The van der Waals surface area contributed by atoms with E-state index < -0.39 is 0 Å². The number of pyridine rings is 1. The van der Waals surface area contributed by atoms with Crippen LogP contribution in [0.2, 0.25) is 0 Å². The fourth-order valence-electron chi connectivity index (χ4n) is 3.33. The summed E-state index contributed by atoms with van der Waals surface area (Å²) in [5.74, 6) is 0. The molecule has 0 N–H and O–H groups in total. The number of fused-ring (bicyclic) bond motifs is 5. The molecular weight excluding hydrogens is 324 g/mol. The molecule has 0 unspecified atom stereocenters. The number of aryl methyl sites for hydroxylation is 1. The normalized spacial score (nSPS) is 16.0. The van der Waals surface area contributed by atoms with Gasteiger partial charge in [0.05, 0.1) is 28.4 Å². The molecule has 5 heteroatoms. The summed E-state index contributed by atoms with van der Waals surface area (Å²) >= 11 is 3.81. The fourth-order valence-corrected chi connectivity index (χ4v) is 6.15. The minimum atomic E-state index is 0.831. The number of ether oxygens (including phenoxy) is 1. The quantitative estimate of drug-likeness (QED) is 0.497. The molecule has 3 aromatic heterocycles. The van der Waals surface area contributed by atoms with Gasteiger partial charge in [-0.25, -0.2) is 0 Å². The number of nitrogens with zero attached hydrogens (tertiary/aromatic N) is 2. The van der Waals surface area contributed by atoms with Crippen molar-refractivity contribution in [3.05, 3.63) is 36.0 Å². The monoisotopic (exact) mass is 340 g/mol. The smallest absolute Gasteiger partial charge is 0.0931 e. The minimum Gasteiger partial charge on any atom is -0.378 e. The van der Waals surface area contributed by atoms with Crippen LogP contribution < -0.4 is 4.90 Å². The van der Waals surface area contributed by atoms with E-state index in [1.165, 1.54) is 29.9 Å². The summed E-state index contributed by atoms with van der Waals surface area (Å²) in [7, 11) is 0. The predicted molar refractivity (Wildman–Crippen MR) is 100 cm³/mol. The summed E-state index contributed by atoms with van der Waals surface area (Å²) < 4.78 is 9.62. The zero-order valence-corrected chi connectivity index (χ0v) is 14.5. The largest absolute Gasteiger partial charge is 0.378 e. The number of anilines is 1. The minimum absolute atomic E-state index is 0.831. The third kappa shape index (κ3) is 2.07. The Hall–Kier alpha value is -1.69. The molecule has 1 fully saturated rings. The van der Waals surface area contributed by atoms with E-state index in [2.05, 4.69) is 42.2 Å². The number of benzene rings is 1. The van der Waals surface area contributed by atoms with E-state index in [4.69, 9.17) is 9.72 Å². The highest BCUT2D eigenvalue weighted by molar-refractivity contribution is 7.34. The van der Waals surface area contributed by atoms with E-state index in [9.17, 15) is 0 Å². The van der Waals surface area contributed by atoms with E-state index >= 15 is 0 Å². The Balaban J connectivity index is 1.76. The Kier molecular flexibility index (Phi) is 3.08. The first-order valence-electron chi connectivity index (χ1n) is 7.85. The van der Waals surface area contributed by atoms with Crippen molar-refractivity contribution in [2.45, 2.75) is 6.92 Å². The lowest BCUT2D eigenvalue weighted by molar-refractivity contribution is 0.123. The molecule has 4 aromatic rings. The maximum Gasteiger partial charge on any atom is 0.0931 e. The first-order valence-corrected chi connectivity index (χ1v) is 9.48. The van der Waals surface area contributed by atoms with Gasteiger partial charge in [0.1, 0.15) is 0 Å². The number of para-hydroxylation sites is 1. The van der Waals surface area contributed by atoms with Crippen molar-refractivity contribution in [2.24, 2.45) is 0 Å². The summed E-state index contributed by atoms with van der Waals surface area (Å²) in [4.78, 5) is 7.27. The van der Waals surface area contributed by atoms with Crippen LogP contribution in [0.15, 0.2) is 30.3 Å². The Bertz CT molecular complexity index is 1030. The lowest BCUT2D eigenvalue weighted by atomic mass is 10.1. The van der Waals surface area contributed by atoms with Crippen molar-refractivity contribution >= 4 is 58.1 Å².